The highest BCUT2D eigenvalue weighted by Gasteiger charge is 2.08. The molecule has 0 aliphatic carbocycles. The van der Waals surface area contributed by atoms with Crippen LogP contribution in [-0.2, 0) is 6.54 Å². The van der Waals surface area contributed by atoms with Crippen LogP contribution < -0.4 is 10.1 Å². The van der Waals surface area contributed by atoms with Crippen LogP contribution in [0.4, 0.5) is 10.1 Å². The van der Waals surface area contributed by atoms with E-state index in [2.05, 4.69) is 10.4 Å². The zero-order chi connectivity index (χ0) is 16.9. The van der Waals surface area contributed by atoms with Gasteiger partial charge in [0.15, 0.2) is 0 Å². The summed E-state index contributed by atoms with van der Waals surface area (Å²) in [6.07, 6.45) is 3.31. The molecule has 0 fully saturated rings. The minimum atomic E-state index is -0.377. The molecule has 2 aromatic carbocycles. The van der Waals surface area contributed by atoms with Gasteiger partial charge in [0.05, 0.1) is 25.5 Å². The summed E-state index contributed by atoms with van der Waals surface area (Å²) < 4.78 is 19.8. The fraction of sp³-hybridized carbons (Fsp3) is 0.111. The molecule has 0 spiro atoms. The molecule has 3 rings (SSSR count). The number of rotatable bonds is 5. The summed E-state index contributed by atoms with van der Waals surface area (Å²) in [6.45, 7) is 0.559. The normalized spacial score (nSPS) is 10.4. The number of methoxy groups -OCH3 is 1. The fourth-order valence-electron chi connectivity index (χ4n) is 2.28. The van der Waals surface area contributed by atoms with Gasteiger partial charge in [0.1, 0.15) is 11.6 Å². The van der Waals surface area contributed by atoms with Crippen LogP contribution in [0.15, 0.2) is 60.9 Å². The molecule has 24 heavy (non-hydrogen) atoms. The van der Waals surface area contributed by atoms with Crippen LogP contribution in [-0.4, -0.2) is 22.8 Å². The van der Waals surface area contributed by atoms with Crippen LogP contribution in [0.1, 0.15) is 15.9 Å². The van der Waals surface area contributed by atoms with E-state index >= 15 is 0 Å². The van der Waals surface area contributed by atoms with E-state index < -0.39 is 0 Å². The number of carbonyl (C=O) groups excluding carboxylic acids is 1. The van der Waals surface area contributed by atoms with Crippen molar-refractivity contribution in [3.63, 3.8) is 0 Å². The number of benzene rings is 2. The second kappa shape index (κ2) is 6.95. The zero-order valence-corrected chi connectivity index (χ0v) is 13.1. The van der Waals surface area contributed by atoms with Crippen molar-refractivity contribution in [3.05, 3.63) is 77.9 Å². The van der Waals surface area contributed by atoms with Crippen LogP contribution in [0.25, 0.3) is 0 Å². The Morgan fingerprint density at radius 3 is 2.79 bits per heavy atom. The maximum Gasteiger partial charge on any atom is 0.255 e. The summed E-state index contributed by atoms with van der Waals surface area (Å²) in [5.41, 5.74) is 2.00. The first-order chi connectivity index (χ1) is 11.6. The van der Waals surface area contributed by atoms with E-state index in [1.807, 2.05) is 24.3 Å². The lowest BCUT2D eigenvalue weighted by Gasteiger charge is -2.05. The van der Waals surface area contributed by atoms with Gasteiger partial charge in [-0.25, -0.2) is 4.39 Å². The number of halogens is 1. The zero-order valence-electron chi connectivity index (χ0n) is 13.1. The molecule has 0 saturated heterocycles. The van der Waals surface area contributed by atoms with E-state index in [1.165, 1.54) is 24.3 Å². The molecule has 1 amide bonds. The van der Waals surface area contributed by atoms with Crippen molar-refractivity contribution in [2.45, 2.75) is 6.54 Å². The third-order valence-corrected chi connectivity index (χ3v) is 3.48. The topological polar surface area (TPSA) is 56.1 Å². The van der Waals surface area contributed by atoms with E-state index in [0.29, 0.717) is 17.8 Å². The van der Waals surface area contributed by atoms with Crippen molar-refractivity contribution in [2.24, 2.45) is 0 Å². The Bertz CT molecular complexity index is 843. The number of nitrogens with one attached hydrogen (secondary N) is 1. The molecule has 1 heterocycles. The monoisotopic (exact) mass is 325 g/mol. The van der Waals surface area contributed by atoms with Crippen molar-refractivity contribution in [2.75, 3.05) is 12.4 Å². The minimum absolute atomic E-state index is 0.309. The molecule has 122 valence electrons. The van der Waals surface area contributed by atoms with Gasteiger partial charge in [-0.2, -0.15) is 5.10 Å². The van der Waals surface area contributed by atoms with E-state index in [1.54, 1.807) is 24.2 Å². The molecule has 0 saturated carbocycles. The summed E-state index contributed by atoms with van der Waals surface area (Å²) in [5.74, 6) is 0.0954. The summed E-state index contributed by atoms with van der Waals surface area (Å²) in [4.78, 5) is 12.1. The van der Waals surface area contributed by atoms with Gasteiger partial charge in [0, 0.05) is 11.8 Å². The number of aromatic nitrogens is 2. The van der Waals surface area contributed by atoms with Gasteiger partial charge in [0.25, 0.3) is 5.91 Å². The molecule has 0 radical (unpaired) electrons. The predicted octanol–water partition coefficient (Wildman–Crippen LogP) is 3.33. The SMILES string of the molecule is COc1cccc(Cn2cc(NC(=O)c3ccc(F)cc3)cn2)c1. The lowest BCUT2D eigenvalue weighted by atomic mass is 10.2. The maximum absolute atomic E-state index is 12.9. The van der Waals surface area contributed by atoms with E-state index in [4.69, 9.17) is 4.74 Å². The van der Waals surface area contributed by atoms with Gasteiger partial charge in [0.2, 0.25) is 0 Å². The Hall–Kier alpha value is -3.15. The Morgan fingerprint density at radius 2 is 2.04 bits per heavy atom. The highest BCUT2D eigenvalue weighted by molar-refractivity contribution is 6.04. The van der Waals surface area contributed by atoms with Crippen molar-refractivity contribution < 1.29 is 13.9 Å². The van der Waals surface area contributed by atoms with Crippen molar-refractivity contribution in [1.29, 1.82) is 0 Å². The smallest absolute Gasteiger partial charge is 0.255 e. The first-order valence-electron chi connectivity index (χ1n) is 7.36. The molecular weight excluding hydrogens is 309 g/mol. The highest BCUT2D eigenvalue weighted by atomic mass is 19.1. The quantitative estimate of drug-likeness (QED) is 0.783. The number of hydrogen-bond acceptors (Lipinski definition) is 3. The lowest BCUT2D eigenvalue weighted by Crippen LogP contribution is -2.11. The van der Waals surface area contributed by atoms with Gasteiger partial charge in [-0.1, -0.05) is 12.1 Å². The maximum atomic E-state index is 12.9. The van der Waals surface area contributed by atoms with Gasteiger partial charge in [-0.15, -0.1) is 0 Å². The van der Waals surface area contributed by atoms with Crippen LogP contribution in [0, 0.1) is 5.82 Å². The molecule has 0 aliphatic heterocycles. The molecule has 1 aromatic heterocycles. The first kappa shape index (κ1) is 15.7. The van der Waals surface area contributed by atoms with Crippen LogP contribution in [0.3, 0.4) is 0 Å². The fourth-order valence-corrected chi connectivity index (χ4v) is 2.28. The first-order valence-corrected chi connectivity index (χ1v) is 7.36. The number of carbonyl (C=O) groups is 1. The number of nitrogens with zero attached hydrogens (tertiary/aromatic N) is 2. The van der Waals surface area contributed by atoms with E-state index in [-0.39, 0.29) is 11.7 Å². The Balaban J connectivity index is 1.66. The van der Waals surface area contributed by atoms with Crippen LogP contribution >= 0.6 is 0 Å². The third kappa shape index (κ3) is 3.78. The molecule has 0 aliphatic rings. The molecule has 5 nitrogen and oxygen atoms in total. The van der Waals surface area contributed by atoms with Gasteiger partial charge in [-0.3, -0.25) is 9.48 Å². The molecule has 0 bridgehead atoms. The Morgan fingerprint density at radius 1 is 1.25 bits per heavy atom. The number of hydrogen-bond donors (Lipinski definition) is 1. The highest BCUT2D eigenvalue weighted by Crippen LogP contribution is 2.15. The van der Waals surface area contributed by atoms with E-state index in [9.17, 15) is 9.18 Å². The van der Waals surface area contributed by atoms with Gasteiger partial charge >= 0.3 is 0 Å². The Labute approximate surface area is 138 Å². The average molecular weight is 325 g/mol. The summed E-state index contributed by atoms with van der Waals surface area (Å²) in [5, 5.41) is 6.97. The molecule has 0 unspecified atom stereocenters. The molecular formula is C18H16FN3O2. The molecule has 1 N–H and O–H groups in total. The number of amides is 1. The molecule has 0 atom stereocenters. The Kier molecular flexibility index (Phi) is 4.56. The lowest BCUT2D eigenvalue weighted by molar-refractivity contribution is 0.102. The standard InChI is InChI=1S/C18H16FN3O2/c1-24-17-4-2-3-13(9-17)11-22-12-16(10-20-22)21-18(23)14-5-7-15(19)8-6-14/h2-10,12H,11H2,1H3,(H,21,23). The number of anilines is 1. The molecule has 3 aromatic rings. The largest absolute Gasteiger partial charge is 0.497 e. The van der Waals surface area contributed by atoms with Gasteiger partial charge in [-0.05, 0) is 42.0 Å². The predicted molar refractivity (Wildman–Crippen MR) is 88.7 cm³/mol. The van der Waals surface area contributed by atoms with Crippen molar-refractivity contribution >= 4 is 11.6 Å². The molecule has 6 heteroatoms. The van der Waals surface area contributed by atoms with Crippen molar-refractivity contribution in [3.8, 4) is 5.75 Å². The van der Waals surface area contributed by atoms with E-state index in [0.717, 1.165) is 11.3 Å². The third-order valence-electron chi connectivity index (χ3n) is 3.48. The van der Waals surface area contributed by atoms with Gasteiger partial charge < -0.3 is 10.1 Å². The number of ether oxygens (including phenoxy) is 1. The summed E-state index contributed by atoms with van der Waals surface area (Å²) in [6, 6.07) is 13.1. The average Bonchev–Trinajstić information content (AvgIpc) is 3.02. The second-order valence-corrected chi connectivity index (χ2v) is 5.24. The van der Waals surface area contributed by atoms with Crippen molar-refractivity contribution in [1.82, 2.24) is 9.78 Å². The summed E-state index contributed by atoms with van der Waals surface area (Å²) in [7, 11) is 1.62. The second-order valence-electron chi connectivity index (χ2n) is 5.24. The van der Waals surface area contributed by atoms with Crippen LogP contribution in [0.5, 0.6) is 5.75 Å². The minimum Gasteiger partial charge on any atom is -0.497 e. The van der Waals surface area contributed by atoms with Crippen LogP contribution in [0.2, 0.25) is 0 Å². The summed E-state index contributed by atoms with van der Waals surface area (Å²) >= 11 is 0.